The lowest BCUT2D eigenvalue weighted by molar-refractivity contribution is 0.0697. The van der Waals surface area contributed by atoms with Crippen LogP contribution >= 0.6 is 0 Å². The van der Waals surface area contributed by atoms with Gasteiger partial charge in [-0.2, -0.15) is 0 Å². The summed E-state index contributed by atoms with van der Waals surface area (Å²) in [5.74, 6) is -0.896. The van der Waals surface area contributed by atoms with Crippen LogP contribution in [0.4, 0.5) is 0 Å². The molecule has 2 rings (SSSR count). The number of hydrogen-bond donors (Lipinski definition) is 1. The fourth-order valence-corrected chi connectivity index (χ4v) is 1.45. The van der Waals surface area contributed by atoms with Crippen molar-refractivity contribution in [1.29, 1.82) is 0 Å². The van der Waals surface area contributed by atoms with Crippen LogP contribution in [0.15, 0.2) is 42.5 Å². The molecule has 0 bridgehead atoms. The van der Waals surface area contributed by atoms with Gasteiger partial charge in [0.25, 0.3) is 0 Å². The number of fused-ring (bicyclic) bond motifs is 1. The monoisotopic (exact) mass is 198 g/mol. The lowest BCUT2D eigenvalue weighted by Gasteiger charge is -1.95. The van der Waals surface area contributed by atoms with Crippen molar-refractivity contribution in [3.63, 3.8) is 0 Å². The van der Waals surface area contributed by atoms with Gasteiger partial charge in [0.1, 0.15) is 0 Å². The van der Waals surface area contributed by atoms with Crippen molar-refractivity contribution >= 4 is 18.1 Å². The molecule has 0 amide bonds. The first-order chi connectivity index (χ1) is 7.27. The predicted octanol–water partition coefficient (Wildman–Crippen LogP) is 1.07. The Morgan fingerprint density at radius 2 is 1.60 bits per heavy atom. The van der Waals surface area contributed by atoms with Crippen LogP contribution in [0, 0.1) is 0 Å². The summed E-state index contributed by atoms with van der Waals surface area (Å²) in [6, 6.07) is 5.11. The van der Waals surface area contributed by atoms with Crippen molar-refractivity contribution < 1.29 is 9.90 Å². The number of carbonyl (C=O) groups is 1. The van der Waals surface area contributed by atoms with Crippen molar-refractivity contribution in [2.45, 2.75) is 0 Å². The number of carboxylic acid groups (broad SMARTS) is 1. The van der Waals surface area contributed by atoms with Crippen molar-refractivity contribution in [3.8, 4) is 0 Å². The third kappa shape index (κ3) is 2.05. The Kier molecular flexibility index (Phi) is 2.50. The first kappa shape index (κ1) is 9.46. The van der Waals surface area contributed by atoms with Gasteiger partial charge in [0.2, 0.25) is 0 Å². The minimum absolute atomic E-state index is 0.316. The lowest BCUT2D eigenvalue weighted by atomic mass is 10.1. The van der Waals surface area contributed by atoms with E-state index in [0.717, 1.165) is 10.4 Å². The normalized spacial score (nSPS) is 21.9. The maximum atomic E-state index is 10.8. The maximum Gasteiger partial charge on any atom is 0.335 e. The van der Waals surface area contributed by atoms with Crippen molar-refractivity contribution in [2.75, 3.05) is 0 Å². The number of allylic oxidation sites excluding steroid dienone is 4. The largest absolute Gasteiger partial charge is 0.478 e. The Bertz CT molecular complexity index is 563. The quantitative estimate of drug-likeness (QED) is 0.733. The highest BCUT2D eigenvalue weighted by atomic mass is 16.4. The zero-order valence-corrected chi connectivity index (χ0v) is 8.05. The molecule has 0 heterocycles. The molecule has 2 nitrogen and oxygen atoms in total. The molecule has 0 unspecified atom stereocenters. The molecule has 1 N–H and O–H groups in total. The van der Waals surface area contributed by atoms with Crippen molar-refractivity contribution in [2.24, 2.45) is 0 Å². The molecule has 0 fully saturated rings. The van der Waals surface area contributed by atoms with E-state index in [1.807, 2.05) is 42.5 Å². The van der Waals surface area contributed by atoms with Crippen LogP contribution in [0.3, 0.4) is 0 Å². The van der Waals surface area contributed by atoms with E-state index < -0.39 is 5.97 Å². The van der Waals surface area contributed by atoms with Gasteiger partial charge in [-0.05, 0) is 22.6 Å². The Morgan fingerprint density at radius 3 is 2.27 bits per heavy atom. The van der Waals surface area contributed by atoms with Gasteiger partial charge in [0, 0.05) is 0 Å². The fraction of sp³-hybridized carbons (Fsp3) is 0. The summed E-state index contributed by atoms with van der Waals surface area (Å²) >= 11 is 0. The van der Waals surface area contributed by atoms with Crippen molar-refractivity contribution in [3.05, 3.63) is 58.5 Å². The number of rotatable bonds is 1. The summed E-state index contributed by atoms with van der Waals surface area (Å²) in [5, 5.41) is 10.8. The van der Waals surface area contributed by atoms with E-state index in [9.17, 15) is 4.79 Å². The highest BCUT2D eigenvalue weighted by Crippen LogP contribution is 1.92. The second-order valence-corrected chi connectivity index (χ2v) is 3.25. The molecular formula is C13H10O2. The van der Waals surface area contributed by atoms with Gasteiger partial charge in [-0.25, -0.2) is 4.79 Å². The van der Waals surface area contributed by atoms with Gasteiger partial charge in [-0.1, -0.05) is 42.5 Å². The molecule has 1 aliphatic carbocycles. The molecule has 1 aliphatic rings. The first-order valence-electron chi connectivity index (χ1n) is 4.66. The zero-order chi connectivity index (χ0) is 10.7. The minimum Gasteiger partial charge on any atom is -0.478 e. The van der Waals surface area contributed by atoms with Gasteiger partial charge < -0.3 is 5.11 Å². The first-order valence-corrected chi connectivity index (χ1v) is 4.66. The second kappa shape index (κ2) is 3.96. The minimum atomic E-state index is -0.896. The molecule has 1 aromatic carbocycles. The van der Waals surface area contributed by atoms with Crippen LogP contribution < -0.4 is 10.4 Å². The second-order valence-electron chi connectivity index (χ2n) is 3.25. The third-order valence-corrected chi connectivity index (χ3v) is 2.22. The fourth-order valence-electron chi connectivity index (χ4n) is 1.45. The average molecular weight is 198 g/mol. The summed E-state index contributed by atoms with van der Waals surface area (Å²) in [6.07, 6.45) is 11.5. The average Bonchev–Trinajstić information content (AvgIpc) is 2.18. The number of benzene rings is 1. The Balaban J connectivity index is 2.71. The van der Waals surface area contributed by atoms with E-state index in [1.165, 1.54) is 0 Å². The van der Waals surface area contributed by atoms with E-state index in [1.54, 1.807) is 12.1 Å². The van der Waals surface area contributed by atoms with Gasteiger partial charge in [0.05, 0.1) is 5.56 Å². The van der Waals surface area contributed by atoms with E-state index >= 15 is 0 Å². The summed E-state index contributed by atoms with van der Waals surface area (Å²) in [4.78, 5) is 10.8. The Labute approximate surface area is 87.2 Å². The maximum absolute atomic E-state index is 10.8. The number of aromatic carboxylic acids is 1. The molecule has 0 spiro atoms. The van der Waals surface area contributed by atoms with E-state index in [4.69, 9.17) is 5.11 Å². The van der Waals surface area contributed by atoms with E-state index in [2.05, 4.69) is 0 Å². The van der Waals surface area contributed by atoms with Crippen LogP contribution in [0.25, 0.3) is 12.2 Å². The van der Waals surface area contributed by atoms with Crippen LogP contribution in [0.1, 0.15) is 10.4 Å². The number of hydrogen-bond acceptors (Lipinski definition) is 1. The predicted molar refractivity (Wildman–Crippen MR) is 59.9 cm³/mol. The molecule has 15 heavy (non-hydrogen) atoms. The summed E-state index contributed by atoms with van der Waals surface area (Å²) < 4.78 is 0. The number of carboxylic acids is 1. The zero-order valence-electron chi connectivity index (χ0n) is 8.05. The molecule has 0 saturated heterocycles. The SMILES string of the molecule is O=C(O)c1ccc2/c(c1)=C\C=C/C=C\C=2. The summed E-state index contributed by atoms with van der Waals surface area (Å²) in [7, 11) is 0. The molecule has 2 heteroatoms. The van der Waals surface area contributed by atoms with E-state index in [0.29, 0.717) is 5.56 Å². The van der Waals surface area contributed by atoms with Gasteiger partial charge in [0.15, 0.2) is 0 Å². The Hall–Kier alpha value is -2.09. The van der Waals surface area contributed by atoms with Crippen molar-refractivity contribution in [1.82, 2.24) is 0 Å². The summed E-state index contributed by atoms with van der Waals surface area (Å²) in [5.41, 5.74) is 0.316. The highest BCUT2D eigenvalue weighted by molar-refractivity contribution is 5.87. The van der Waals surface area contributed by atoms with Gasteiger partial charge >= 0.3 is 5.97 Å². The van der Waals surface area contributed by atoms with E-state index in [-0.39, 0.29) is 0 Å². The molecule has 0 atom stereocenters. The summed E-state index contributed by atoms with van der Waals surface area (Å²) in [6.45, 7) is 0. The Morgan fingerprint density at radius 1 is 0.933 bits per heavy atom. The van der Waals surface area contributed by atoms with Crippen LogP contribution in [-0.4, -0.2) is 11.1 Å². The molecule has 0 saturated carbocycles. The third-order valence-electron chi connectivity index (χ3n) is 2.22. The van der Waals surface area contributed by atoms with Crippen LogP contribution in [0.2, 0.25) is 0 Å². The molecule has 0 aliphatic heterocycles. The van der Waals surface area contributed by atoms with Crippen LogP contribution in [-0.2, 0) is 0 Å². The molecule has 0 radical (unpaired) electrons. The van der Waals surface area contributed by atoms with Gasteiger partial charge in [-0.15, -0.1) is 0 Å². The standard InChI is InChI=1S/C13H10O2/c14-13(15)12-8-7-10-5-3-1-2-4-6-11(10)9-12/h1-9H,(H,14,15)/b2-1?,3-1-,4-2-,5-3?,6-4?,10-5-,11-6-. The lowest BCUT2D eigenvalue weighted by Crippen LogP contribution is -2.25. The molecular weight excluding hydrogens is 188 g/mol. The smallest absolute Gasteiger partial charge is 0.335 e. The highest BCUT2D eigenvalue weighted by Gasteiger charge is 2.00. The molecule has 1 aromatic rings. The van der Waals surface area contributed by atoms with Gasteiger partial charge in [-0.3, -0.25) is 0 Å². The molecule has 0 aromatic heterocycles. The van der Waals surface area contributed by atoms with Crippen LogP contribution in [0.5, 0.6) is 0 Å². The topological polar surface area (TPSA) is 37.3 Å². The molecule has 74 valence electrons.